The molecule has 2 N–H and O–H groups in total. The van der Waals surface area contributed by atoms with E-state index in [1.807, 2.05) is 19.1 Å². The maximum Gasteiger partial charge on any atom is 0.425 e. The van der Waals surface area contributed by atoms with Gasteiger partial charge in [-0.05, 0) is 31.2 Å². The molecule has 0 saturated carbocycles. The minimum Gasteiger partial charge on any atom is -0.476 e. The van der Waals surface area contributed by atoms with E-state index in [-0.39, 0.29) is 11.4 Å². The van der Waals surface area contributed by atoms with Crippen LogP contribution in [0.25, 0.3) is 5.69 Å². The molecule has 0 aliphatic heterocycles. The number of aromatic amines is 1. The topological polar surface area (TPSA) is 151 Å². The highest BCUT2D eigenvalue weighted by Crippen LogP contribution is 2.19. The number of carbonyl (C=O) groups is 1. The first-order valence-corrected chi connectivity index (χ1v) is 8.68. The second kappa shape index (κ2) is 9.19. The fourth-order valence-corrected chi connectivity index (χ4v) is 2.15. The molecule has 1 aromatic heterocycles. The number of benzene rings is 2. The number of carboxylic acids is 1. The molecule has 0 saturated heterocycles. The third-order valence-corrected chi connectivity index (χ3v) is 3.39. The van der Waals surface area contributed by atoms with Gasteiger partial charge in [0.1, 0.15) is 0 Å². The van der Waals surface area contributed by atoms with Gasteiger partial charge in [0.05, 0.1) is 11.4 Å². The van der Waals surface area contributed by atoms with E-state index < -0.39 is 22.1 Å². The van der Waals surface area contributed by atoms with Crippen LogP contribution in [0.4, 0.5) is 11.4 Å². The fourth-order valence-electron chi connectivity index (χ4n) is 2.15. The van der Waals surface area contributed by atoms with Crippen molar-refractivity contribution < 1.29 is 22.5 Å². The number of hydrogen-bond acceptors (Lipinski definition) is 7. The number of aromatic nitrogens is 2. The van der Waals surface area contributed by atoms with Gasteiger partial charge < -0.3 is 5.11 Å². The number of hydrogen-bond donors (Lipinski definition) is 2. The van der Waals surface area contributed by atoms with Gasteiger partial charge >= 0.3 is 16.6 Å². The molecule has 11 heteroatoms. The maximum absolute atomic E-state index is 12.5. The van der Waals surface area contributed by atoms with Crippen LogP contribution in [-0.2, 0) is 10.6 Å². The average molecular weight is 402 g/mol. The first-order valence-electron chi connectivity index (χ1n) is 7.68. The molecule has 0 fully saturated rings. The van der Waals surface area contributed by atoms with Crippen molar-refractivity contribution in [2.45, 2.75) is 6.92 Å². The standard InChI is InChI=1S/C17H14N4O3.O3S/c1-11-7-9-12(10-8-11)18-19-14-15(17(23)24)20-21(16(14)22)13-5-3-2-4-6-13;1-4(2)3/h2-10,20H,1H3,(H,23,24);. The number of aromatic carboxylic acids is 1. The zero-order valence-corrected chi connectivity index (χ0v) is 15.3. The molecule has 0 unspecified atom stereocenters. The summed E-state index contributed by atoms with van der Waals surface area (Å²) in [5, 5.41) is 19.7. The lowest BCUT2D eigenvalue weighted by molar-refractivity contribution is 0.0691. The third kappa shape index (κ3) is 5.32. The van der Waals surface area contributed by atoms with E-state index >= 15 is 0 Å². The van der Waals surface area contributed by atoms with E-state index in [2.05, 4.69) is 15.3 Å². The number of aryl methyl sites for hydroxylation is 1. The summed E-state index contributed by atoms with van der Waals surface area (Å²) in [6.07, 6.45) is 0. The first kappa shape index (κ1) is 20.5. The van der Waals surface area contributed by atoms with Crippen molar-refractivity contribution in [3.8, 4) is 5.69 Å². The van der Waals surface area contributed by atoms with Crippen molar-refractivity contribution in [2.24, 2.45) is 10.2 Å². The summed E-state index contributed by atoms with van der Waals surface area (Å²) >= 11 is 0. The Labute approximate surface area is 159 Å². The largest absolute Gasteiger partial charge is 0.476 e. The van der Waals surface area contributed by atoms with E-state index in [0.717, 1.165) is 10.2 Å². The van der Waals surface area contributed by atoms with Gasteiger partial charge in [-0.15, -0.1) is 17.7 Å². The lowest BCUT2D eigenvalue weighted by atomic mass is 10.2. The SMILES string of the molecule is Cc1ccc(N=Nc2c(C(=O)O)[nH]n(-c3ccccc3)c2=O)cc1.O=S(=O)=O. The quantitative estimate of drug-likeness (QED) is 0.640. The van der Waals surface area contributed by atoms with E-state index in [1.54, 1.807) is 42.5 Å². The Morgan fingerprint density at radius 3 is 2.11 bits per heavy atom. The van der Waals surface area contributed by atoms with Crippen molar-refractivity contribution in [3.63, 3.8) is 0 Å². The van der Waals surface area contributed by atoms with Gasteiger partial charge in [-0.1, -0.05) is 35.9 Å². The molecule has 0 atom stereocenters. The van der Waals surface area contributed by atoms with Crippen molar-refractivity contribution in [1.82, 2.24) is 9.78 Å². The van der Waals surface area contributed by atoms with Crippen molar-refractivity contribution in [3.05, 3.63) is 76.2 Å². The second-order valence-electron chi connectivity index (χ2n) is 5.36. The molecule has 0 spiro atoms. The number of carboxylic acid groups (broad SMARTS) is 1. The monoisotopic (exact) mass is 402 g/mol. The number of para-hydroxylation sites is 1. The van der Waals surface area contributed by atoms with Crippen LogP contribution in [0.3, 0.4) is 0 Å². The second-order valence-corrected chi connectivity index (χ2v) is 5.76. The predicted molar refractivity (Wildman–Crippen MR) is 98.4 cm³/mol. The zero-order chi connectivity index (χ0) is 20.7. The Morgan fingerprint density at radius 2 is 1.57 bits per heavy atom. The van der Waals surface area contributed by atoms with E-state index in [4.69, 9.17) is 12.6 Å². The Kier molecular flexibility index (Phi) is 6.71. The molecular weight excluding hydrogens is 388 g/mol. The molecule has 10 nitrogen and oxygen atoms in total. The molecule has 2 aromatic carbocycles. The van der Waals surface area contributed by atoms with Gasteiger partial charge in [0.2, 0.25) is 0 Å². The average Bonchev–Trinajstić information content (AvgIpc) is 2.98. The number of nitrogens with one attached hydrogen (secondary N) is 1. The van der Waals surface area contributed by atoms with Crippen molar-refractivity contribution in [1.29, 1.82) is 0 Å². The lowest BCUT2D eigenvalue weighted by Gasteiger charge is -1.99. The summed E-state index contributed by atoms with van der Waals surface area (Å²) in [6, 6.07) is 15.8. The molecule has 144 valence electrons. The predicted octanol–water partition coefficient (Wildman–Crippen LogP) is 2.58. The highest BCUT2D eigenvalue weighted by Gasteiger charge is 2.20. The number of nitrogens with zero attached hydrogens (tertiary/aromatic N) is 3. The summed E-state index contributed by atoms with van der Waals surface area (Å²) in [5.41, 5.74) is 0.986. The normalized spacial score (nSPS) is 10.3. The van der Waals surface area contributed by atoms with Crippen LogP contribution in [-0.4, -0.2) is 33.5 Å². The Hall–Kier alpha value is -3.86. The van der Waals surface area contributed by atoms with Crippen LogP contribution >= 0.6 is 0 Å². The molecule has 3 aromatic rings. The molecule has 3 rings (SSSR count). The van der Waals surface area contributed by atoms with E-state index in [0.29, 0.717) is 11.4 Å². The summed E-state index contributed by atoms with van der Waals surface area (Å²) in [7, 11) is -3.11. The van der Waals surface area contributed by atoms with Crippen LogP contribution in [0.1, 0.15) is 16.1 Å². The number of H-pyrrole nitrogens is 1. The number of azo groups is 1. The summed E-state index contributed by atoms with van der Waals surface area (Å²) in [4.78, 5) is 23.9. The lowest BCUT2D eigenvalue weighted by Crippen LogP contribution is -2.13. The Morgan fingerprint density at radius 1 is 1.00 bits per heavy atom. The van der Waals surface area contributed by atoms with Crippen LogP contribution < -0.4 is 5.56 Å². The summed E-state index contributed by atoms with van der Waals surface area (Å²) in [6.45, 7) is 1.94. The maximum atomic E-state index is 12.5. The van der Waals surface area contributed by atoms with Gasteiger partial charge in [-0.25, -0.2) is 9.48 Å². The van der Waals surface area contributed by atoms with Crippen LogP contribution in [0.5, 0.6) is 0 Å². The van der Waals surface area contributed by atoms with E-state index in [1.165, 1.54) is 0 Å². The molecular formula is C17H14N4O6S. The Bertz CT molecular complexity index is 1160. The summed E-state index contributed by atoms with van der Waals surface area (Å²) < 4.78 is 26.5. The van der Waals surface area contributed by atoms with Crippen LogP contribution in [0, 0.1) is 6.92 Å². The molecule has 1 heterocycles. The van der Waals surface area contributed by atoms with Crippen molar-refractivity contribution >= 4 is 28.0 Å². The molecule has 0 radical (unpaired) electrons. The van der Waals surface area contributed by atoms with Gasteiger partial charge in [0.25, 0.3) is 5.56 Å². The smallest absolute Gasteiger partial charge is 0.425 e. The first-order chi connectivity index (χ1) is 13.3. The fraction of sp³-hybridized carbons (Fsp3) is 0.0588. The van der Waals surface area contributed by atoms with Gasteiger partial charge in [0, 0.05) is 0 Å². The van der Waals surface area contributed by atoms with Crippen LogP contribution in [0.15, 0.2) is 69.6 Å². The number of rotatable bonds is 4. The molecule has 0 aliphatic rings. The molecule has 0 aliphatic carbocycles. The minimum atomic E-state index is -3.11. The zero-order valence-electron chi connectivity index (χ0n) is 14.4. The summed E-state index contributed by atoms with van der Waals surface area (Å²) in [5.74, 6) is -1.28. The highest BCUT2D eigenvalue weighted by atomic mass is 32.2. The molecule has 28 heavy (non-hydrogen) atoms. The third-order valence-electron chi connectivity index (χ3n) is 3.39. The van der Waals surface area contributed by atoms with Crippen molar-refractivity contribution in [2.75, 3.05) is 0 Å². The molecule has 0 amide bonds. The van der Waals surface area contributed by atoms with Crippen LogP contribution in [0.2, 0.25) is 0 Å². The van der Waals surface area contributed by atoms with Gasteiger partial charge in [-0.2, -0.15) is 5.11 Å². The highest BCUT2D eigenvalue weighted by molar-refractivity contribution is 7.59. The Balaban J connectivity index is 0.000000640. The molecule has 0 bridgehead atoms. The van der Waals surface area contributed by atoms with Gasteiger partial charge in [-0.3, -0.25) is 9.89 Å². The minimum absolute atomic E-state index is 0.244. The van der Waals surface area contributed by atoms with Gasteiger partial charge in [0.15, 0.2) is 11.4 Å². The van der Waals surface area contributed by atoms with E-state index in [9.17, 15) is 14.7 Å².